The van der Waals surface area contributed by atoms with E-state index in [1.165, 1.54) is 6.92 Å². The third kappa shape index (κ3) is 5.06. The third-order valence-corrected chi connectivity index (χ3v) is 2.36. The molecular weight excluding hydrogens is 217 g/mol. The molecule has 4 N–H and O–H groups in total. The molecule has 0 rings (SSSR count). The topological polar surface area (TPSA) is 101 Å². The van der Waals surface area contributed by atoms with Gasteiger partial charge in [0.1, 0.15) is 0 Å². The lowest BCUT2D eigenvalue weighted by molar-refractivity contribution is -0.155. The monoisotopic (exact) mass is 235 g/mol. The third-order valence-electron chi connectivity index (χ3n) is 2.36. The molecule has 0 heterocycles. The molecule has 5 nitrogen and oxygen atoms in total. The quantitative estimate of drug-likeness (QED) is 0.568. The summed E-state index contributed by atoms with van der Waals surface area (Å²) in [6.45, 7) is 3.12. The summed E-state index contributed by atoms with van der Waals surface area (Å²) in [6.07, 6.45) is -0.577. The SMILES string of the molecule is CC(F)CC(C)CC(N)C(C(=O)O)C(=O)O. The number of hydrogen-bond acceptors (Lipinski definition) is 3. The minimum Gasteiger partial charge on any atom is -0.481 e. The van der Waals surface area contributed by atoms with Crippen LogP contribution in [0.1, 0.15) is 26.7 Å². The van der Waals surface area contributed by atoms with E-state index in [2.05, 4.69) is 0 Å². The molecule has 0 saturated heterocycles. The molecule has 0 spiro atoms. The summed E-state index contributed by atoms with van der Waals surface area (Å²) in [5, 5.41) is 17.3. The van der Waals surface area contributed by atoms with Crippen LogP contribution in [0.3, 0.4) is 0 Å². The van der Waals surface area contributed by atoms with Gasteiger partial charge in [0.25, 0.3) is 0 Å². The van der Waals surface area contributed by atoms with E-state index in [0.29, 0.717) is 0 Å². The molecule has 0 amide bonds. The summed E-state index contributed by atoms with van der Waals surface area (Å²) < 4.78 is 12.6. The Balaban J connectivity index is 4.36. The predicted octanol–water partition coefficient (Wildman–Crippen LogP) is 0.873. The van der Waals surface area contributed by atoms with Gasteiger partial charge in [0, 0.05) is 6.04 Å². The molecule has 0 aromatic rings. The summed E-state index contributed by atoms with van der Waals surface area (Å²) in [5.41, 5.74) is 5.51. The minimum absolute atomic E-state index is 0.142. The Kier molecular flexibility index (Phi) is 5.95. The maximum atomic E-state index is 12.6. The van der Waals surface area contributed by atoms with Gasteiger partial charge in [-0.25, -0.2) is 4.39 Å². The van der Waals surface area contributed by atoms with Crippen molar-refractivity contribution in [3.63, 3.8) is 0 Å². The highest BCUT2D eigenvalue weighted by Crippen LogP contribution is 2.18. The first-order valence-corrected chi connectivity index (χ1v) is 5.11. The predicted molar refractivity (Wildman–Crippen MR) is 55.7 cm³/mol. The van der Waals surface area contributed by atoms with E-state index in [1.54, 1.807) is 6.92 Å². The van der Waals surface area contributed by atoms with E-state index in [4.69, 9.17) is 15.9 Å². The first-order valence-electron chi connectivity index (χ1n) is 5.11. The van der Waals surface area contributed by atoms with Gasteiger partial charge in [0.2, 0.25) is 0 Å². The molecule has 0 aliphatic rings. The van der Waals surface area contributed by atoms with Gasteiger partial charge in [0.05, 0.1) is 6.17 Å². The second-order valence-corrected chi connectivity index (χ2v) is 4.18. The summed E-state index contributed by atoms with van der Waals surface area (Å²) in [7, 11) is 0. The van der Waals surface area contributed by atoms with Crippen LogP contribution >= 0.6 is 0 Å². The summed E-state index contributed by atoms with van der Waals surface area (Å²) in [5.74, 6) is -4.69. The van der Waals surface area contributed by atoms with E-state index in [0.717, 1.165) is 0 Å². The minimum atomic E-state index is -1.63. The van der Waals surface area contributed by atoms with Crippen LogP contribution in [0, 0.1) is 11.8 Å². The van der Waals surface area contributed by atoms with Gasteiger partial charge in [0.15, 0.2) is 5.92 Å². The lowest BCUT2D eigenvalue weighted by Gasteiger charge is -2.20. The highest BCUT2D eigenvalue weighted by Gasteiger charge is 2.33. The van der Waals surface area contributed by atoms with Crippen molar-refractivity contribution >= 4 is 11.9 Å². The lowest BCUT2D eigenvalue weighted by Crippen LogP contribution is -2.41. The molecule has 94 valence electrons. The van der Waals surface area contributed by atoms with Crippen molar-refractivity contribution in [1.82, 2.24) is 0 Å². The van der Waals surface area contributed by atoms with Crippen molar-refractivity contribution < 1.29 is 24.2 Å². The number of nitrogens with two attached hydrogens (primary N) is 1. The summed E-state index contributed by atoms with van der Waals surface area (Å²) in [4.78, 5) is 21.3. The van der Waals surface area contributed by atoms with Gasteiger partial charge in [-0.1, -0.05) is 6.92 Å². The van der Waals surface area contributed by atoms with Crippen LogP contribution in [0.5, 0.6) is 0 Å². The molecule has 6 heteroatoms. The first kappa shape index (κ1) is 14.8. The molecular formula is C10H18FNO4. The Bertz CT molecular complexity index is 243. The zero-order valence-electron chi connectivity index (χ0n) is 9.39. The van der Waals surface area contributed by atoms with Crippen LogP contribution in [0.2, 0.25) is 0 Å². The van der Waals surface area contributed by atoms with Crippen LogP contribution in [0.4, 0.5) is 4.39 Å². The fraction of sp³-hybridized carbons (Fsp3) is 0.800. The van der Waals surface area contributed by atoms with Crippen molar-refractivity contribution in [3.8, 4) is 0 Å². The van der Waals surface area contributed by atoms with Gasteiger partial charge in [-0.15, -0.1) is 0 Å². The number of halogens is 1. The van der Waals surface area contributed by atoms with Gasteiger partial charge in [-0.3, -0.25) is 9.59 Å². The maximum Gasteiger partial charge on any atom is 0.319 e. The number of carboxylic acid groups (broad SMARTS) is 2. The summed E-state index contributed by atoms with van der Waals surface area (Å²) >= 11 is 0. The van der Waals surface area contributed by atoms with E-state index in [9.17, 15) is 14.0 Å². The molecule has 3 unspecified atom stereocenters. The maximum absolute atomic E-state index is 12.6. The van der Waals surface area contributed by atoms with Gasteiger partial charge < -0.3 is 15.9 Å². The Labute approximate surface area is 93.4 Å². The van der Waals surface area contributed by atoms with Crippen molar-refractivity contribution in [1.29, 1.82) is 0 Å². The van der Waals surface area contributed by atoms with E-state index < -0.39 is 30.1 Å². The molecule has 0 aliphatic heterocycles. The number of hydrogen-bond donors (Lipinski definition) is 3. The van der Waals surface area contributed by atoms with Crippen molar-refractivity contribution in [2.75, 3.05) is 0 Å². The number of rotatable bonds is 7. The van der Waals surface area contributed by atoms with Gasteiger partial charge in [-0.05, 0) is 25.7 Å². The fourth-order valence-electron chi connectivity index (χ4n) is 1.72. The highest BCUT2D eigenvalue weighted by atomic mass is 19.1. The zero-order chi connectivity index (χ0) is 12.9. The average Bonchev–Trinajstić information content (AvgIpc) is 1.98. The number of aliphatic carboxylic acids is 2. The van der Waals surface area contributed by atoms with Crippen LogP contribution in [-0.4, -0.2) is 34.4 Å². The van der Waals surface area contributed by atoms with E-state index >= 15 is 0 Å². The van der Waals surface area contributed by atoms with Crippen molar-refractivity contribution in [2.45, 2.75) is 38.9 Å². The van der Waals surface area contributed by atoms with Crippen LogP contribution in [0.25, 0.3) is 0 Å². The second-order valence-electron chi connectivity index (χ2n) is 4.18. The van der Waals surface area contributed by atoms with E-state index in [-0.39, 0.29) is 18.8 Å². The van der Waals surface area contributed by atoms with Gasteiger partial charge >= 0.3 is 11.9 Å². The van der Waals surface area contributed by atoms with Crippen molar-refractivity contribution in [2.24, 2.45) is 17.6 Å². The zero-order valence-corrected chi connectivity index (χ0v) is 9.39. The Morgan fingerprint density at radius 2 is 1.62 bits per heavy atom. The number of carboxylic acids is 2. The first-order chi connectivity index (χ1) is 7.25. The van der Waals surface area contributed by atoms with Gasteiger partial charge in [-0.2, -0.15) is 0 Å². The van der Waals surface area contributed by atoms with E-state index in [1.807, 2.05) is 0 Å². The summed E-state index contributed by atoms with van der Waals surface area (Å²) in [6, 6.07) is -0.997. The second kappa shape index (κ2) is 6.42. The Hall–Kier alpha value is -1.17. The van der Waals surface area contributed by atoms with Crippen LogP contribution < -0.4 is 5.73 Å². The molecule has 0 fully saturated rings. The van der Waals surface area contributed by atoms with Crippen molar-refractivity contribution in [3.05, 3.63) is 0 Å². The molecule has 16 heavy (non-hydrogen) atoms. The highest BCUT2D eigenvalue weighted by molar-refractivity contribution is 5.93. The Morgan fingerprint density at radius 1 is 1.19 bits per heavy atom. The standard InChI is InChI=1S/C10H18FNO4/c1-5(3-6(2)11)4-7(12)8(9(13)14)10(15)16/h5-8H,3-4,12H2,1-2H3,(H,13,14)(H,15,16). The fourth-order valence-corrected chi connectivity index (χ4v) is 1.72. The molecule has 0 bridgehead atoms. The molecule has 0 aromatic carbocycles. The average molecular weight is 235 g/mol. The smallest absolute Gasteiger partial charge is 0.319 e. The molecule has 0 aliphatic carbocycles. The van der Waals surface area contributed by atoms with Crippen LogP contribution in [-0.2, 0) is 9.59 Å². The normalized spacial score (nSPS) is 16.8. The molecule has 0 saturated carbocycles. The molecule has 3 atom stereocenters. The molecule has 0 aromatic heterocycles. The molecule has 0 radical (unpaired) electrons. The van der Waals surface area contributed by atoms with Crippen LogP contribution in [0.15, 0.2) is 0 Å². The number of alkyl halides is 1. The largest absolute Gasteiger partial charge is 0.481 e. The number of carbonyl (C=O) groups is 2. The lowest BCUT2D eigenvalue weighted by atomic mass is 9.89. The Morgan fingerprint density at radius 3 is 1.94 bits per heavy atom.